The maximum absolute atomic E-state index is 11.5. The van der Waals surface area contributed by atoms with E-state index >= 15 is 0 Å². The third-order valence-electron chi connectivity index (χ3n) is 2.20. The molecule has 0 bridgehead atoms. The van der Waals surface area contributed by atoms with Gasteiger partial charge in [0.25, 0.3) is 5.91 Å². The van der Waals surface area contributed by atoms with Crippen molar-refractivity contribution in [2.24, 2.45) is 7.05 Å². The summed E-state index contributed by atoms with van der Waals surface area (Å²) < 4.78 is 1.68. The third kappa shape index (κ3) is 2.82. The molecule has 1 amide bonds. The van der Waals surface area contributed by atoms with Gasteiger partial charge in [0.2, 0.25) is 0 Å². The normalized spacial score (nSPS) is 10.1. The summed E-state index contributed by atoms with van der Waals surface area (Å²) in [6, 6.07) is 5.12. The molecule has 18 heavy (non-hydrogen) atoms. The zero-order valence-electron chi connectivity index (χ0n) is 10.2. The van der Waals surface area contributed by atoms with Crippen molar-refractivity contribution >= 4 is 17.5 Å². The number of carbonyl (C=O) groups excluding carboxylic acids is 1. The van der Waals surface area contributed by atoms with Gasteiger partial charge in [-0.1, -0.05) is 0 Å². The average molecular weight is 246 g/mol. The molecule has 2 rings (SSSR count). The second-order valence-corrected chi connectivity index (χ2v) is 3.66. The minimum absolute atomic E-state index is 0.227. The zero-order valence-corrected chi connectivity index (χ0v) is 10.2. The molecule has 0 fully saturated rings. The first-order valence-electron chi connectivity index (χ1n) is 5.57. The smallest absolute Gasteiger partial charge is 0.271 e. The highest BCUT2D eigenvalue weighted by atomic mass is 16.1. The van der Waals surface area contributed by atoms with Gasteiger partial charge in [-0.3, -0.25) is 9.48 Å². The molecule has 0 atom stereocenters. The second-order valence-electron chi connectivity index (χ2n) is 3.66. The summed E-state index contributed by atoms with van der Waals surface area (Å²) in [5, 5.41) is 17.6. The summed E-state index contributed by atoms with van der Waals surface area (Å²) in [6.45, 7) is 2.41. The summed E-state index contributed by atoms with van der Waals surface area (Å²) in [5.74, 6) is 0.994. The molecule has 0 radical (unpaired) electrons. The fourth-order valence-corrected chi connectivity index (χ4v) is 1.38. The fourth-order valence-electron chi connectivity index (χ4n) is 1.38. The SMILES string of the molecule is CCNC(=O)c1ccc(Nc2ccn(C)n2)nn1. The number of hydrogen-bond acceptors (Lipinski definition) is 5. The Balaban J connectivity index is 2.05. The molecule has 0 aliphatic heterocycles. The van der Waals surface area contributed by atoms with Crippen LogP contribution in [0.4, 0.5) is 11.6 Å². The molecule has 7 heteroatoms. The lowest BCUT2D eigenvalue weighted by Crippen LogP contribution is -2.24. The number of aromatic nitrogens is 4. The fraction of sp³-hybridized carbons (Fsp3) is 0.273. The molecular formula is C11H14N6O. The van der Waals surface area contributed by atoms with Gasteiger partial charge in [-0.15, -0.1) is 10.2 Å². The van der Waals surface area contributed by atoms with E-state index in [9.17, 15) is 4.79 Å². The lowest BCUT2D eigenvalue weighted by molar-refractivity contribution is 0.0950. The highest BCUT2D eigenvalue weighted by molar-refractivity contribution is 5.92. The Hall–Kier alpha value is -2.44. The molecule has 0 saturated heterocycles. The van der Waals surface area contributed by atoms with Crippen LogP contribution in [0.2, 0.25) is 0 Å². The molecule has 0 unspecified atom stereocenters. The van der Waals surface area contributed by atoms with E-state index in [0.29, 0.717) is 23.9 Å². The van der Waals surface area contributed by atoms with Gasteiger partial charge >= 0.3 is 0 Å². The summed E-state index contributed by atoms with van der Waals surface area (Å²) in [7, 11) is 1.83. The van der Waals surface area contributed by atoms with E-state index in [0.717, 1.165) is 0 Å². The van der Waals surface area contributed by atoms with Gasteiger partial charge in [0.15, 0.2) is 17.3 Å². The Kier molecular flexibility index (Phi) is 3.52. The standard InChI is InChI=1S/C11H14N6O/c1-3-12-11(18)8-4-5-9(15-14-8)13-10-6-7-17(2)16-10/h4-7H,3H2,1-2H3,(H,12,18)(H,13,15,16). The highest BCUT2D eigenvalue weighted by Gasteiger charge is 2.06. The van der Waals surface area contributed by atoms with Crippen molar-refractivity contribution in [2.75, 3.05) is 11.9 Å². The maximum atomic E-state index is 11.5. The van der Waals surface area contributed by atoms with Crippen LogP contribution in [0.5, 0.6) is 0 Å². The van der Waals surface area contributed by atoms with E-state index < -0.39 is 0 Å². The van der Waals surface area contributed by atoms with Gasteiger partial charge in [0.05, 0.1) is 0 Å². The van der Waals surface area contributed by atoms with E-state index in [1.807, 2.05) is 26.2 Å². The van der Waals surface area contributed by atoms with Crippen molar-refractivity contribution in [1.82, 2.24) is 25.3 Å². The average Bonchev–Trinajstić information content (AvgIpc) is 2.76. The summed E-state index contributed by atoms with van der Waals surface area (Å²) >= 11 is 0. The van der Waals surface area contributed by atoms with Gasteiger partial charge in [-0.05, 0) is 19.1 Å². The van der Waals surface area contributed by atoms with Crippen molar-refractivity contribution in [1.29, 1.82) is 0 Å². The van der Waals surface area contributed by atoms with E-state index in [2.05, 4.69) is 25.9 Å². The van der Waals surface area contributed by atoms with E-state index in [1.165, 1.54) is 0 Å². The van der Waals surface area contributed by atoms with Crippen molar-refractivity contribution < 1.29 is 4.79 Å². The third-order valence-corrected chi connectivity index (χ3v) is 2.20. The first-order chi connectivity index (χ1) is 8.69. The van der Waals surface area contributed by atoms with E-state index in [-0.39, 0.29) is 5.91 Å². The zero-order chi connectivity index (χ0) is 13.0. The molecule has 0 saturated carbocycles. The molecule has 0 aromatic carbocycles. The number of nitrogens with one attached hydrogen (secondary N) is 2. The van der Waals surface area contributed by atoms with Crippen molar-refractivity contribution in [3.8, 4) is 0 Å². The van der Waals surface area contributed by atoms with E-state index in [4.69, 9.17) is 0 Å². The van der Waals surface area contributed by atoms with Gasteiger partial charge in [-0.2, -0.15) is 5.10 Å². The number of carbonyl (C=O) groups is 1. The Morgan fingerprint density at radius 2 is 2.11 bits per heavy atom. The molecule has 2 aromatic rings. The quantitative estimate of drug-likeness (QED) is 0.829. The molecule has 2 heterocycles. The molecule has 2 aromatic heterocycles. The topological polar surface area (TPSA) is 84.7 Å². The number of anilines is 2. The highest BCUT2D eigenvalue weighted by Crippen LogP contribution is 2.10. The lowest BCUT2D eigenvalue weighted by Gasteiger charge is -2.03. The molecule has 2 N–H and O–H groups in total. The molecule has 0 spiro atoms. The molecule has 7 nitrogen and oxygen atoms in total. The number of amides is 1. The number of nitrogens with zero attached hydrogens (tertiary/aromatic N) is 4. The van der Waals surface area contributed by atoms with Crippen molar-refractivity contribution in [3.63, 3.8) is 0 Å². The van der Waals surface area contributed by atoms with Crippen LogP contribution in [0.3, 0.4) is 0 Å². The van der Waals surface area contributed by atoms with Crippen LogP contribution in [0.25, 0.3) is 0 Å². The monoisotopic (exact) mass is 246 g/mol. The Bertz CT molecular complexity index is 533. The summed E-state index contributed by atoms with van der Waals surface area (Å²) in [5.41, 5.74) is 0.295. The first-order valence-corrected chi connectivity index (χ1v) is 5.57. The second kappa shape index (κ2) is 5.26. The van der Waals surface area contributed by atoms with Crippen LogP contribution in [0, 0.1) is 0 Å². The number of rotatable bonds is 4. The number of hydrogen-bond donors (Lipinski definition) is 2. The summed E-state index contributed by atoms with van der Waals surface area (Å²) in [4.78, 5) is 11.5. The van der Waals surface area contributed by atoms with E-state index in [1.54, 1.807) is 16.8 Å². The van der Waals surface area contributed by atoms with Gasteiger partial charge in [0, 0.05) is 25.9 Å². The predicted octanol–water partition coefficient (Wildman–Crippen LogP) is 0.703. The van der Waals surface area contributed by atoms with Crippen molar-refractivity contribution in [3.05, 3.63) is 30.1 Å². The first kappa shape index (κ1) is 12.0. The molecular weight excluding hydrogens is 232 g/mol. The van der Waals surface area contributed by atoms with Crippen molar-refractivity contribution in [2.45, 2.75) is 6.92 Å². The Labute approximate surface area is 104 Å². The van der Waals surface area contributed by atoms with Crippen LogP contribution in [0.15, 0.2) is 24.4 Å². The minimum Gasteiger partial charge on any atom is -0.351 e. The van der Waals surface area contributed by atoms with Crippen LogP contribution < -0.4 is 10.6 Å². The molecule has 94 valence electrons. The largest absolute Gasteiger partial charge is 0.351 e. The van der Waals surface area contributed by atoms with Gasteiger partial charge in [-0.25, -0.2) is 0 Å². The predicted molar refractivity (Wildman–Crippen MR) is 66.5 cm³/mol. The van der Waals surface area contributed by atoms with Crippen LogP contribution in [-0.2, 0) is 7.05 Å². The van der Waals surface area contributed by atoms with Crippen LogP contribution in [-0.4, -0.2) is 32.4 Å². The molecule has 0 aliphatic rings. The Morgan fingerprint density at radius 3 is 2.67 bits per heavy atom. The number of aryl methyl sites for hydroxylation is 1. The lowest BCUT2D eigenvalue weighted by atomic mass is 10.3. The van der Waals surface area contributed by atoms with Crippen LogP contribution in [0.1, 0.15) is 17.4 Å². The van der Waals surface area contributed by atoms with Gasteiger partial charge in [0.1, 0.15) is 0 Å². The maximum Gasteiger partial charge on any atom is 0.271 e. The van der Waals surface area contributed by atoms with Crippen LogP contribution >= 0.6 is 0 Å². The Morgan fingerprint density at radius 1 is 1.28 bits per heavy atom. The minimum atomic E-state index is -0.227. The van der Waals surface area contributed by atoms with Gasteiger partial charge < -0.3 is 10.6 Å². The molecule has 0 aliphatic carbocycles. The summed E-state index contributed by atoms with van der Waals surface area (Å²) in [6.07, 6.45) is 1.82.